The molecule has 26 heavy (non-hydrogen) atoms. The molecule has 0 spiro atoms. The van der Waals surface area contributed by atoms with E-state index in [1.807, 2.05) is 0 Å². The summed E-state index contributed by atoms with van der Waals surface area (Å²) in [6.07, 6.45) is 6.58. The van der Waals surface area contributed by atoms with Gasteiger partial charge in [-0.15, -0.1) is 0 Å². The summed E-state index contributed by atoms with van der Waals surface area (Å²) in [7, 11) is 0. The number of urea groups is 1. The van der Waals surface area contributed by atoms with E-state index >= 15 is 0 Å². The third kappa shape index (κ3) is 5.86. The first-order valence-corrected chi connectivity index (χ1v) is 9.57. The first-order chi connectivity index (χ1) is 12.4. The number of nitrogens with zero attached hydrogens (tertiary/aromatic N) is 1. The summed E-state index contributed by atoms with van der Waals surface area (Å²) in [6.45, 7) is 2.94. The van der Waals surface area contributed by atoms with Crippen LogP contribution in [0.1, 0.15) is 51.9 Å². The molecule has 1 aliphatic heterocycles. The first-order valence-electron chi connectivity index (χ1n) is 9.57. The van der Waals surface area contributed by atoms with E-state index < -0.39 is 30.1 Å². The van der Waals surface area contributed by atoms with Crippen LogP contribution in [0.4, 0.5) is 4.79 Å². The molecule has 3 atom stereocenters. The van der Waals surface area contributed by atoms with Gasteiger partial charge >= 0.3 is 12.0 Å². The lowest BCUT2D eigenvalue weighted by Gasteiger charge is -2.35. The van der Waals surface area contributed by atoms with Gasteiger partial charge in [0.2, 0.25) is 5.91 Å². The number of carbonyl (C=O) groups excluding carboxylic acids is 2. The topological polar surface area (TPSA) is 122 Å². The molecule has 1 heterocycles. The van der Waals surface area contributed by atoms with Crippen LogP contribution in [0, 0.1) is 11.8 Å². The van der Waals surface area contributed by atoms with E-state index in [0.717, 1.165) is 12.8 Å². The van der Waals surface area contributed by atoms with Crippen molar-refractivity contribution in [1.82, 2.24) is 10.2 Å². The van der Waals surface area contributed by atoms with E-state index in [2.05, 4.69) is 5.32 Å². The Bertz CT molecular complexity index is 507. The van der Waals surface area contributed by atoms with E-state index in [0.29, 0.717) is 31.9 Å². The molecule has 0 radical (unpaired) electrons. The molecule has 3 amide bonds. The zero-order valence-corrected chi connectivity index (χ0v) is 15.5. The Morgan fingerprint density at radius 2 is 1.88 bits per heavy atom. The smallest absolute Gasteiger partial charge is 0.312 e. The predicted octanol–water partition coefficient (Wildman–Crippen LogP) is 1.33. The van der Waals surface area contributed by atoms with Gasteiger partial charge in [0.25, 0.3) is 0 Å². The average Bonchev–Trinajstić information content (AvgIpc) is 2.64. The highest BCUT2D eigenvalue weighted by atomic mass is 16.5. The third-order valence-corrected chi connectivity index (χ3v) is 5.44. The van der Waals surface area contributed by atoms with E-state index in [1.165, 1.54) is 24.2 Å². The average molecular weight is 369 g/mol. The minimum Gasteiger partial charge on any atom is -0.481 e. The zero-order valence-electron chi connectivity index (χ0n) is 15.5. The molecule has 1 saturated heterocycles. The molecule has 0 aromatic carbocycles. The molecular formula is C18H31N3O5. The maximum Gasteiger partial charge on any atom is 0.312 e. The SMILES string of the molecule is CC(OCC1CCCCC1)C(NC(N)=O)C(=O)N1CCCC(C(=O)O)C1. The number of carbonyl (C=O) groups is 3. The van der Waals surface area contributed by atoms with Crippen LogP contribution in [-0.2, 0) is 14.3 Å². The number of rotatable bonds is 7. The van der Waals surface area contributed by atoms with E-state index in [-0.39, 0.29) is 12.5 Å². The lowest BCUT2D eigenvalue weighted by Crippen LogP contribution is -2.57. The van der Waals surface area contributed by atoms with Crippen molar-refractivity contribution in [2.24, 2.45) is 17.6 Å². The van der Waals surface area contributed by atoms with Gasteiger partial charge in [-0.05, 0) is 38.5 Å². The Labute approximate surface area is 154 Å². The lowest BCUT2D eigenvalue weighted by molar-refractivity contribution is -0.147. The van der Waals surface area contributed by atoms with E-state index in [1.54, 1.807) is 6.92 Å². The number of amides is 3. The van der Waals surface area contributed by atoms with E-state index in [4.69, 9.17) is 10.5 Å². The number of hydrogen-bond donors (Lipinski definition) is 3. The Balaban J connectivity index is 1.96. The van der Waals surface area contributed by atoms with Crippen LogP contribution in [-0.4, -0.2) is 59.8 Å². The Kier molecular flexibility index (Phi) is 7.68. The van der Waals surface area contributed by atoms with Gasteiger partial charge in [-0.2, -0.15) is 0 Å². The van der Waals surface area contributed by atoms with Crippen molar-refractivity contribution in [2.45, 2.75) is 64.0 Å². The summed E-state index contributed by atoms with van der Waals surface area (Å²) < 4.78 is 5.90. The fourth-order valence-corrected chi connectivity index (χ4v) is 3.85. The number of nitrogens with two attached hydrogens (primary N) is 1. The maximum atomic E-state index is 12.9. The minimum absolute atomic E-state index is 0.153. The Hall–Kier alpha value is -1.83. The largest absolute Gasteiger partial charge is 0.481 e. The van der Waals surface area contributed by atoms with Gasteiger partial charge in [-0.1, -0.05) is 19.3 Å². The highest BCUT2D eigenvalue weighted by molar-refractivity contribution is 5.87. The van der Waals surface area contributed by atoms with Crippen molar-refractivity contribution in [2.75, 3.05) is 19.7 Å². The van der Waals surface area contributed by atoms with Gasteiger partial charge in [0, 0.05) is 19.7 Å². The molecule has 8 nitrogen and oxygen atoms in total. The van der Waals surface area contributed by atoms with Crippen LogP contribution >= 0.6 is 0 Å². The van der Waals surface area contributed by atoms with Crippen LogP contribution in [0.5, 0.6) is 0 Å². The summed E-state index contributed by atoms with van der Waals surface area (Å²) in [5.41, 5.74) is 5.24. The number of piperidine rings is 1. The molecule has 0 aromatic rings. The quantitative estimate of drug-likeness (QED) is 0.625. The molecule has 1 aliphatic carbocycles. The van der Waals surface area contributed by atoms with Gasteiger partial charge in [-0.25, -0.2) is 4.79 Å². The molecule has 1 saturated carbocycles. The van der Waals surface area contributed by atoms with Crippen LogP contribution in [0.15, 0.2) is 0 Å². The van der Waals surface area contributed by atoms with Crippen LogP contribution in [0.3, 0.4) is 0 Å². The fourth-order valence-electron chi connectivity index (χ4n) is 3.85. The molecule has 0 bridgehead atoms. The van der Waals surface area contributed by atoms with Gasteiger partial charge < -0.3 is 25.8 Å². The minimum atomic E-state index is -0.900. The molecule has 2 rings (SSSR count). The van der Waals surface area contributed by atoms with Crippen molar-refractivity contribution in [3.8, 4) is 0 Å². The number of carboxylic acids is 1. The maximum absolute atomic E-state index is 12.9. The molecular weight excluding hydrogens is 338 g/mol. The number of carboxylic acid groups (broad SMARTS) is 1. The van der Waals surface area contributed by atoms with Gasteiger partial charge in [0.15, 0.2) is 0 Å². The van der Waals surface area contributed by atoms with Crippen molar-refractivity contribution >= 4 is 17.9 Å². The van der Waals surface area contributed by atoms with Crippen LogP contribution in [0.2, 0.25) is 0 Å². The zero-order chi connectivity index (χ0) is 19.1. The highest BCUT2D eigenvalue weighted by Gasteiger charge is 2.35. The third-order valence-electron chi connectivity index (χ3n) is 5.44. The monoisotopic (exact) mass is 369 g/mol. The second kappa shape index (κ2) is 9.75. The van der Waals surface area contributed by atoms with Crippen LogP contribution in [0.25, 0.3) is 0 Å². The standard InChI is InChI=1S/C18H31N3O5/c1-12(26-11-13-6-3-2-4-7-13)15(20-18(19)25)16(22)21-9-5-8-14(10-21)17(23)24/h12-15H,2-11H2,1H3,(H,23,24)(H3,19,20,25). The summed E-state index contributed by atoms with van der Waals surface area (Å²) in [6, 6.07) is -1.69. The van der Waals surface area contributed by atoms with Gasteiger partial charge in [0.05, 0.1) is 12.0 Å². The summed E-state index contributed by atoms with van der Waals surface area (Å²) in [5.74, 6) is -1.31. The van der Waals surface area contributed by atoms with Crippen molar-refractivity contribution in [3.63, 3.8) is 0 Å². The molecule has 148 valence electrons. The normalized spacial score (nSPS) is 23.9. The summed E-state index contributed by atoms with van der Waals surface area (Å²) in [4.78, 5) is 37.0. The molecule has 4 N–H and O–H groups in total. The summed E-state index contributed by atoms with van der Waals surface area (Å²) >= 11 is 0. The number of nitrogens with one attached hydrogen (secondary N) is 1. The number of likely N-dealkylation sites (tertiary alicyclic amines) is 1. The van der Waals surface area contributed by atoms with Crippen molar-refractivity contribution in [3.05, 3.63) is 0 Å². The van der Waals surface area contributed by atoms with Gasteiger partial charge in [-0.3, -0.25) is 9.59 Å². The number of hydrogen-bond acceptors (Lipinski definition) is 4. The molecule has 3 unspecified atom stereocenters. The summed E-state index contributed by atoms with van der Waals surface area (Å²) in [5, 5.41) is 11.7. The number of aliphatic carboxylic acids is 1. The molecule has 8 heteroatoms. The molecule has 0 aromatic heterocycles. The van der Waals surface area contributed by atoms with Crippen molar-refractivity contribution in [1.29, 1.82) is 0 Å². The van der Waals surface area contributed by atoms with Gasteiger partial charge in [0.1, 0.15) is 6.04 Å². The lowest BCUT2D eigenvalue weighted by atomic mass is 9.90. The Morgan fingerprint density at radius 1 is 1.19 bits per heavy atom. The second-order valence-electron chi connectivity index (χ2n) is 7.49. The first kappa shape index (κ1) is 20.5. The Morgan fingerprint density at radius 3 is 2.50 bits per heavy atom. The predicted molar refractivity (Wildman–Crippen MR) is 95.4 cm³/mol. The van der Waals surface area contributed by atoms with Crippen molar-refractivity contribution < 1.29 is 24.2 Å². The highest BCUT2D eigenvalue weighted by Crippen LogP contribution is 2.24. The van der Waals surface area contributed by atoms with Crippen LogP contribution < -0.4 is 11.1 Å². The molecule has 2 aliphatic rings. The second-order valence-corrected chi connectivity index (χ2v) is 7.49. The van der Waals surface area contributed by atoms with E-state index in [9.17, 15) is 19.5 Å². The fraction of sp³-hybridized carbons (Fsp3) is 0.833. The number of ether oxygens (including phenoxy) is 1. The molecule has 2 fully saturated rings. The number of primary amides is 1.